The van der Waals surface area contributed by atoms with Crippen molar-refractivity contribution in [3.63, 3.8) is 0 Å². The van der Waals surface area contributed by atoms with Crippen molar-refractivity contribution in [3.8, 4) is 11.5 Å². The summed E-state index contributed by atoms with van der Waals surface area (Å²) in [6, 6.07) is 18.9. The van der Waals surface area contributed by atoms with Crippen LogP contribution >= 0.6 is 7.82 Å². The minimum atomic E-state index is -4.69. The highest BCUT2D eigenvalue weighted by Crippen LogP contribution is 2.57. The first kappa shape index (κ1) is 34.8. The van der Waals surface area contributed by atoms with Gasteiger partial charge in [0.15, 0.2) is 5.70 Å². The summed E-state index contributed by atoms with van der Waals surface area (Å²) in [5.41, 5.74) is -0.972. The van der Waals surface area contributed by atoms with Crippen molar-refractivity contribution in [1.82, 2.24) is 15.1 Å². The Hall–Kier alpha value is -5.53. The van der Waals surface area contributed by atoms with Crippen LogP contribution in [0.3, 0.4) is 0 Å². The minimum Gasteiger partial charge on any atom is -0.388 e. The number of ether oxygens (including phenoxy) is 1. The van der Waals surface area contributed by atoms with Gasteiger partial charge >= 0.3 is 19.8 Å². The van der Waals surface area contributed by atoms with Crippen molar-refractivity contribution < 1.29 is 47.0 Å². The summed E-state index contributed by atoms with van der Waals surface area (Å²) >= 11 is 0. The van der Waals surface area contributed by atoms with Gasteiger partial charge in [-0.2, -0.15) is 4.57 Å². The predicted molar refractivity (Wildman–Crippen MR) is 173 cm³/mol. The van der Waals surface area contributed by atoms with E-state index in [4.69, 9.17) is 18.3 Å². The molecule has 16 heteroatoms. The maximum Gasteiger partial charge on any atom is 0.646 e. The summed E-state index contributed by atoms with van der Waals surface area (Å²) < 4.78 is 37.0. The molecular weight excluding hydrogens is 659 g/mol. The van der Waals surface area contributed by atoms with Crippen molar-refractivity contribution in [2.75, 3.05) is 20.6 Å². The van der Waals surface area contributed by atoms with Crippen molar-refractivity contribution in [2.45, 2.75) is 25.9 Å². The van der Waals surface area contributed by atoms with Crippen molar-refractivity contribution in [2.24, 2.45) is 11.8 Å². The van der Waals surface area contributed by atoms with Gasteiger partial charge in [-0.15, -0.1) is 0 Å². The number of nitrogens with zero attached hydrogens (tertiary/aromatic N) is 3. The number of amides is 2. The van der Waals surface area contributed by atoms with Gasteiger partial charge in [-0.3, -0.25) is 24.6 Å². The Bertz CT molecular complexity index is 1790. The van der Waals surface area contributed by atoms with E-state index < -0.39 is 60.2 Å². The Balaban J connectivity index is 1.50. The number of hydrogen-bond acceptors (Lipinski definition) is 12. The van der Waals surface area contributed by atoms with E-state index in [2.05, 4.69) is 5.32 Å². The van der Waals surface area contributed by atoms with Gasteiger partial charge in [-0.05, 0) is 57.4 Å². The number of non-ortho nitro benzene ring substituents is 1. The second kappa shape index (κ2) is 14.3. The summed E-state index contributed by atoms with van der Waals surface area (Å²) in [4.78, 5) is 66.1. The summed E-state index contributed by atoms with van der Waals surface area (Å²) in [6.45, 7) is 3.34. The fourth-order valence-corrected chi connectivity index (χ4v) is 7.00. The van der Waals surface area contributed by atoms with E-state index in [1.54, 1.807) is 69.2 Å². The average Bonchev–Trinajstić information content (AvgIpc) is 3.28. The molecular formula is C33H33N4O11P. The molecule has 15 nitrogen and oxygen atoms in total. The molecule has 1 fully saturated rings. The highest BCUT2D eigenvalue weighted by molar-refractivity contribution is 7.49. The molecule has 1 N–H and O–H groups in total. The van der Waals surface area contributed by atoms with Gasteiger partial charge in [0.2, 0.25) is 11.8 Å². The number of esters is 2. The molecule has 3 aromatic rings. The van der Waals surface area contributed by atoms with Crippen LogP contribution in [0.25, 0.3) is 0 Å². The molecule has 256 valence electrons. The van der Waals surface area contributed by atoms with Crippen LogP contribution in [-0.4, -0.2) is 71.2 Å². The minimum absolute atomic E-state index is 0.0704. The molecule has 2 amide bonds. The van der Waals surface area contributed by atoms with E-state index in [1.165, 1.54) is 24.3 Å². The molecule has 5 rings (SSSR count). The first-order chi connectivity index (χ1) is 23.3. The Morgan fingerprint density at radius 3 is 1.98 bits per heavy atom. The smallest absolute Gasteiger partial charge is 0.388 e. The standard InChI is InChI=1S/C33H33N4O11P/c1-20-28-27(21(2)34-26(38)19-35(3)4)31(39)36(28)29(33(41)45-32(40)22-15-17-23(18-16-22)37(42)43)30(20)48-49(44,46-24-11-7-5-8-12-24)47-25-13-9-6-10-14-25/h5-18,20-21,27-28H,19H2,1-4H3,(H,34,38)/t20?,21?,27?,28-/m1/s1. The number of nitro groups is 1. The maximum atomic E-state index is 14.4. The second-order valence-corrected chi connectivity index (χ2v) is 13.1. The Labute approximate surface area is 281 Å². The zero-order chi connectivity index (χ0) is 35.5. The Morgan fingerprint density at radius 2 is 1.47 bits per heavy atom. The summed E-state index contributed by atoms with van der Waals surface area (Å²) in [5, 5.41) is 13.8. The van der Waals surface area contributed by atoms with Gasteiger partial charge in [0.1, 0.15) is 17.3 Å². The number of nitro benzene ring substituents is 1. The number of likely N-dealkylation sites (N-methyl/N-ethyl adjacent to an activating group) is 1. The molecule has 3 aromatic carbocycles. The van der Waals surface area contributed by atoms with Gasteiger partial charge in [0.25, 0.3) is 5.69 Å². The first-order valence-electron chi connectivity index (χ1n) is 15.1. The third kappa shape index (κ3) is 7.63. The highest BCUT2D eigenvalue weighted by Gasteiger charge is 2.62. The molecule has 0 spiro atoms. The number of β-lactam (4-membered cyclic amide) rings is 1. The number of fused-ring (bicyclic) bond motifs is 1. The lowest BCUT2D eigenvalue weighted by Crippen LogP contribution is -2.66. The molecule has 0 aliphatic carbocycles. The first-order valence-corrected chi connectivity index (χ1v) is 16.5. The van der Waals surface area contributed by atoms with E-state index in [-0.39, 0.29) is 41.0 Å². The van der Waals surface area contributed by atoms with E-state index in [1.807, 2.05) is 0 Å². The van der Waals surface area contributed by atoms with Crippen LogP contribution in [0, 0.1) is 22.0 Å². The number of benzene rings is 3. The largest absolute Gasteiger partial charge is 0.646 e. The topological polar surface area (TPSA) is 184 Å². The monoisotopic (exact) mass is 692 g/mol. The van der Waals surface area contributed by atoms with Crippen LogP contribution in [0.5, 0.6) is 11.5 Å². The molecule has 1 saturated heterocycles. The zero-order valence-electron chi connectivity index (χ0n) is 26.9. The lowest BCUT2D eigenvalue weighted by molar-refractivity contribution is -0.384. The molecule has 2 aliphatic heterocycles. The van der Waals surface area contributed by atoms with E-state index in [9.17, 15) is 33.9 Å². The number of nitrogens with one attached hydrogen (secondary N) is 1. The van der Waals surface area contributed by atoms with Crippen LogP contribution in [0.15, 0.2) is 96.4 Å². The van der Waals surface area contributed by atoms with Crippen LogP contribution < -0.4 is 14.4 Å². The third-order valence-electron chi connectivity index (χ3n) is 7.80. The van der Waals surface area contributed by atoms with E-state index in [0.29, 0.717) is 0 Å². The van der Waals surface area contributed by atoms with Crippen molar-refractivity contribution in [3.05, 3.63) is 112 Å². The molecule has 2 heterocycles. The lowest BCUT2D eigenvalue weighted by atomic mass is 9.77. The van der Waals surface area contributed by atoms with Crippen molar-refractivity contribution in [1.29, 1.82) is 0 Å². The summed E-state index contributed by atoms with van der Waals surface area (Å²) in [6.07, 6.45) is 0. The average molecular weight is 693 g/mol. The maximum absolute atomic E-state index is 14.4. The highest BCUT2D eigenvalue weighted by atomic mass is 31.2. The molecule has 0 saturated carbocycles. The SMILES string of the molecule is CC(NC(=O)CN(C)C)C1C(=O)N2C(C(=O)OC(=O)c3ccc([N+](=O)[O-])cc3)=C(OP(=O)(Oc3ccccc3)Oc3ccccc3)C(C)[C@H]12. The fraction of sp³-hybridized carbons (Fsp3) is 0.273. The van der Waals surface area contributed by atoms with Crippen LogP contribution in [0.2, 0.25) is 0 Å². The molecule has 0 bridgehead atoms. The van der Waals surface area contributed by atoms with Crippen LogP contribution in [0.4, 0.5) is 5.69 Å². The van der Waals surface area contributed by atoms with Gasteiger partial charge < -0.3 is 28.5 Å². The van der Waals surface area contributed by atoms with Gasteiger partial charge in [-0.1, -0.05) is 43.3 Å². The number of rotatable bonds is 13. The molecule has 0 aromatic heterocycles. The van der Waals surface area contributed by atoms with Crippen molar-refractivity contribution >= 4 is 37.3 Å². The normalized spacial score (nSPS) is 19.0. The molecule has 2 aliphatic rings. The van der Waals surface area contributed by atoms with E-state index in [0.717, 1.165) is 29.2 Å². The van der Waals surface area contributed by atoms with E-state index >= 15 is 0 Å². The second-order valence-electron chi connectivity index (χ2n) is 11.6. The summed E-state index contributed by atoms with van der Waals surface area (Å²) in [5.74, 6) is -5.13. The lowest BCUT2D eigenvalue weighted by Gasteiger charge is -2.47. The number of phosphoric acid groups is 1. The number of para-hydroxylation sites is 2. The van der Waals surface area contributed by atoms with Gasteiger partial charge in [0, 0.05) is 24.1 Å². The van der Waals surface area contributed by atoms with Gasteiger partial charge in [-0.25, -0.2) is 9.59 Å². The fourth-order valence-electron chi connectivity index (χ4n) is 5.63. The number of carbonyl (C=O) groups excluding carboxylic acids is 4. The number of hydrogen-bond donors (Lipinski definition) is 1. The molecule has 4 atom stereocenters. The third-order valence-corrected chi connectivity index (χ3v) is 9.09. The quantitative estimate of drug-likeness (QED) is 0.0670. The van der Waals surface area contributed by atoms with Gasteiger partial charge in [0.05, 0.1) is 29.0 Å². The number of phosphoric ester groups is 1. The Kier molecular flexibility index (Phi) is 10.2. The Morgan fingerprint density at radius 1 is 0.918 bits per heavy atom. The van der Waals surface area contributed by atoms with Crippen LogP contribution in [-0.2, 0) is 28.2 Å². The summed E-state index contributed by atoms with van der Waals surface area (Å²) in [7, 11) is -1.25. The zero-order valence-corrected chi connectivity index (χ0v) is 27.8. The molecule has 0 radical (unpaired) electrons. The molecule has 49 heavy (non-hydrogen) atoms. The van der Waals surface area contributed by atoms with Crippen LogP contribution in [0.1, 0.15) is 24.2 Å². The molecule has 3 unspecified atom stereocenters. The number of carbonyl (C=O) groups is 4. The predicted octanol–water partition coefficient (Wildman–Crippen LogP) is 4.32.